The molecule has 1 aliphatic heterocycles. The summed E-state index contributed by atoms with van der Waals surface area (Å²) in [6.07, 6.45) is 0. The number of anilines is 1. The Morgan fingerprint density at radius 2 is 1.61 bits per heavy atom. The smallest absolute Gasteiger partial charge is 0.260 e. The van der Waals surface area contributed by atoms with Crippen molar-refractivity contribution >= 4 is 11.7 Å². The van der Waals surface area contributed by atoms with Crippen molar-refractivity contribution in [3.05, 3.63) is 66.2 Å². The number of aryl methyl sites for hydroxylation is 1. The van der Waals surface area contributed by atoms with E-state index < -0.39 is 0 Å². The van der Waals surface area contributed by atoms with Gasteiger partial charge in [-0.1, -0.05) is 36.4 Å². The van der Waals surface area contributed by atoms with Gasteiger partial charge in [0.2, 0.25) is 0 Å². The van der Waals surface area contributed by atoms with Crippen LogP contribution in [0.1, 0.15) is 5.56 Å². The molecule has 1 aliphatic rings. The third-order valence-corrected chi connectivity index (χ3v) is 5.45. The van der Waals surface area contributed by atoms with Crippen molar-refractivity contribution in [3.8, 4) is 22.8 Å². The molecule has 0 unspecified atom stereocenters. The quantitative estimate of drug-likeness (QED) is 0.613. The Balaban J connectivity index is 1.31. The van der Waals surface area contributed by atoms with E-state index in [2.05, 4.69) is 34.2 Å². The van der Waals surface area contributed by atoms with Crippen molar-refractivity contribution in [2.45, 2.75) is 6.92 Å². The molecule has 0 spiro atoms. The summed E-state index contributed by atoms with van der Waals surface area (Å²) >= 11 is 0. The Labute approximate surface area is 182 Å². The second-order valence-corrected chi connectivity index (χ2v) is 7.40. The van der Waals surface area contributed by atoms with Crippen LogP contribution >= 0.6 is 0 Å². The maximum Gasteiger partial charge on any atom is 0.260 e. The van der Waals surface area contributed by atoms with E-state index in [-0.39, 0.29) is 12.5 Å². The molecule has 31 heavy (non-hydrogen) atoms. The number of carbonyl (C=O) groups excluding carboxylic acids is 1. The molecule has 7 nitrogen and oxygen atoms in total. The third kappa shape index (κ3) is 4.77. The maximum atomic E-state index is 12.6. The fourth-order valence-corrected chi connectivity index (χ4v) is 3.65. The molecule has 3 aromatic rings. The predicted octanol–water partition coefficient (Wildman–Crippen LogP) is 3.19. The first kappa shape index (κ1) is 20.7. The Morgan fingerprint density at radius 3 is 2.29 bits per heavy atom. The molecular weight excluding hydrogens is 392 g/mol. The van der Waals surface area contributed by atoms with Gasteiger partial charge in [-0.15, -0.1) is 10.2 Å². The maximum absolute atomic E-state index is 12.6. The molecular formula is C24H26N4O3. The van der Waals surface area contributed by atoms with Crippen LogP contribution < -0.4 is 14.4 Å². The van der Waals surface area contributed by atoms with Crippen LogP contribution in [0.5, 0.6) is 11.5 Å². The number of methoxy groups -OCH3 is 1. The van der Waals surface area contributed by atoms with Crippen molar-refractivity contribution in [2.75, 3.05) is 44.8 Å². The molecule has 4 rings (SSSR count). The molecule has 0 atom stereocenters. The van der Waals surface area contributed by atoms with Crippen LogP contribution in [0.3, 0.4) is 0 Å². The normalized spacial score (nSPS) is 13.7. The Bertz CT molecular complexity index is 1030. The zero-order chi connectivity index (χ0) is 21.6. The lowest BCUT2D eigenvalue weighted by molar-refractivity contribution is -0.133. The molecule has 0 N–H and O–H groups in total. The number of rotatable bonds is 6. The highest BCUT2D eigenvalue weighted by molar-refractivity contribution is 5.78. The first-order valence-electron chi connectivity index (χ1n) is 10.3. The van der Waals surface area contributed by atoms with Gasteiger partial charge in [0.05, 0.1) is 12.8 Å². The summed E-state index contributed by atoms with van der Waals surface area (Å²) in [7, 11) is 1.58. The monoisotopic (exact) mass is 418 g/mol. The summed E-state index contributed by atoms with van der Waals surface area (Å²) in [5.41, 5.74) is 3.13. The molecule has 0 radical (unpaired) electrons. The van der Waals surface area contributed by atoms with E-state index in [0.717, 1.165) is 17.1 Å². The largest absolute Gasteiger partial charge is 0.493 e. The molecule has 1 aromatic heterocycles. The minimum atomic E-state index is -0.0356. The summed E-state index contributed by atoms with van der Waals surface area (Å²) < 4.78 is 10.9. The molecule has 0 saturated carbocycles. The first-order chi connectivity index (χ1) is 15.2. The van der Waals surface area contributed by atoms with Crippen LogP contribution in [0.15, 0.2) is 60.7 Å². The lowest BCUT2D eigenvalue weighted by Gasteiger charge is -2.35. The van der Waals surface area contributed by atoms with Crippen molar-refractivity contribution in [3.63, 3.8) is 0 Å². The Kier molecular flexibility index (Phi) is 6.31. The van der Waals surface area contributed by atoms with Gasteiger partial charge in [-0.2, -0.15) is 0 Å². The topological polar surface area (TPSA) is 67.8 Å². The van der Waals surface area contributed by atoms with Crippen LogP contribution in [-0.2, 0) is 4.79 Å². The summed E-state index contributed by atoms with van der Waals surface area (Å²) in [4.78, 5) is 16.5. The van der Waals surface area contributed by atoms with Gasteiger partial charge < -0.3 is 19.3 Å². The van der Waals surface area contributed by atoms with E-state index in [1.165, 1.54) is 5.56 Å². The number of hydrogen-bond donors (Lipinski definition) is 0. The molecule has 1 saturated heterocycles. The summed E-state index contributed by atoms with van der Waals surface area (Å²) in [5.74, 6) is 1.98. The summed E-state index contributed by atoms with van der Waals surface area (Å²) in [6, 6.07) is 19.5. The Hall–Kier alpha value is -3.61. The van der Waals surface area contributed by atoms with E-state index in [4.69, 9.17) is 9.47 Å². The van der Waals surface area contributed by atoms with Crippen LogP contribution in [0.25, 0.3) is 11.3 Å². The van der Waals surface area contributed by atoms with Crippen LogP contribution in [0.2, 0.25) is 0 Å². The third-order valence-electron chi connectivity index (χ3n) is 5.45. The lowest BCUT2D eigenvalue weighted by atomic mass is 10.1. The second-order valence-electron chi connectivity index (χ2n) is 7.40. The van der Waals surface area contributed by atoms with Crippen molar-refractivity contribution in [1.82, 2.24) is 15.1 Å². The van der Waals surface area contributed by atoms with Gasteiger partial charge in [0.15, 0.2) is 23.9 Å². The number of piperazine rings is 1. The van der Waals surface area contributed by atoms with Gasteiger partial charge in [0.25, 0.3) is 5.91 Å². The zero-order valence-electron chi connectivity index (χ0n) is 17.8. The number of hydrogen-bond acceptors (Lipinski definition) is 6. The van der Waals surface area contributed by atoms with Crippen LogP contribution in [0, 0.1) is 6.92 Å². The highest BCUT2D eigenvalue weighted by Crippen LogP contribution is 2.26. The van der Waals surface area contributed by atoms with Gasteiger partial charge in [0, 0.05) is 31.7 Å². The summed E-state index contributed by atoms with van der Waals surface area (Å²) in [5, 5.41) is 8.83. The molecule has 7 heteroatoms. The van der Waals surface area contributed by atoms with E-state index in [1.807, 2.05) is 47.4 Å². The first-order valence-corrected chi connectivity index (χ1v) is 10.3. The van der Waals surface area contributed by atoms with Gasteiger partial charge in [0.1, 0.15) is 0 Å². The number of amides is 1. The summed E-state index contributed by atoms with van der Waals surface area (Å²) in [6.45, 7) is 4.71. The average Bonchev–Trinajstić information content (AvgIpc) is 2.83. The number of nitrogens with zero attached hydrogens (tertiary/aromatic N) is 4. The highest BCUT2D eigenvalue weighted by atomic mass is 16.5. The predicted molar refractivity (Wildman–Crippen MR) is 119 cm³/mol. The van der Waals surface area contributed by atoms with Crippen molar-refractivity contribution in [2.24, 2.45) is 0 Å². The standard InChI is InChI=1S/C24H26N4O3/c1-18-7-3-4-8-19(18)20-11-12-23(26-25-20)27-13-15-28(16-14-27)24(29)17-31-22-10-6-5-9-21(22)30-2/h3-12H,13-17H2,1-2H3. The van der Waals surface area contributed by atoms with Gasteiger partial charge in [-0.3, -0.25) is 4.79 Å². The number of aromatic nitrogens is 2. The van der Waals surface area contributed by atoms with Gasteiger partial charge in [-0.05, 0) is 36.8 Å². The lowest BCUT2D eigenvalue weighted by Crippen LogP contribution is -2.50. The average molecular weight is 418 g/mol. The van der Waals surface area contributed by atoms with Gasteiger partial charge in [-0.25, -0.2) is 0 Å². The van der Waals surface area contributed by atoms with E-state index in [1.54, 1.807) is 13.2 Å². The van der Waals surface area contributed by atoms with Crippen LogP contribution in [0.4, 0.5) is 5.82 Å². The van der Waals surface area contributed by atoms with Crippen LogP contribution in [-0.4, -0.2) is 60.9 Å². The number of benzene rings is 2. The molecule has 0 bridgehead atoms. The molecule has 0 aliphatic carbocycles. The highest BCUT2D eigenvalue weighted by Gasteiger charge is 2.23. The Morgan fingerprint density at radius 1 is 0.903 bits per heavy atom. The fraction of sp³-hybridized carbons (Fsp3) is 0.292. The van der Waals surface area contributed by atoms with Crippen molar-refractivity contribution < 1.29 is 14.3 Å². The molecule has 2 heterocycles. The molecule has 2 aromatic carbocycles. The molecule has 1 amide bonds. The van der Waals surface area contributed by atoms with E-state index in [0.29, 0.717) is 37.7 Å². The number of carbonyl (C=O) groups is 1. The van der Waals surface area contributed by atoms with Gasteiger partial charge >= 0.3 is 0 Å². The van der Waals surface area contributed by atoms with Crippen molar-refractivity contribution in [1.29, 1.82) is 0 Å². The molecule has 1 fully saturated rings. The minimum absolute atomic E-state index is 0.00863. The zero-order valence-corrected chi connectivity index (χ0v) is 17.8. The fourth-order valence-electron chi connectivity index (χ4n) is 3.65. The minimum Gasteiger partial charge on any atom is -0.493 e. The van der Waals surface area contributed by atoms with E-state index in [9.17, 15) is 4.79 Å². The second kappa shape index (κ2) is 9.47. The molecule has 160 valence electrons. The van der Waals surface area contributed by atoms with E-state index >= 15 is 0 Å². The number of ether oxygens (including phenoxy) is 2. The SMILES string of the molecule is COc1ccccc1OCC(=O)N1CCN(c2ccc(-c3ccccc3C)nn2)CC1. The number of para-hydroxylation sites is 2.